The average molecular weight is 412 g/mol. The van der Waals surface area contributed by atoms with Gasteiger partial charge in [0.05, 0.1) is 5.75 Å². The fraction of sp³-hybridized carbons (Fsp3) is 0.409. The molecule has 28 heavy (non-hydrogen) atoms. The molecule has 146 valence electrons. The monoisotopic (exact) mass is 411 g/mol. The third kappa shape index (κ3) is 3.94. The molecule has 0 fully saturated rings. The molecule has 1 N–H and O–H groups in total. The van der Waals surface area contributed by atoms with Gasteiger partial charge in [0.25, 0.3) is 0 Å². The van der Waals surface area contributed by atoms with Crippen LogP contribution in [0.1, 0.15) is 49.0 Å². The van der Waals surface area contributed by atoms with Gasteiger partial charge in [-0.25, -0.2) is 9.97 Å². The zero-order chi connectivity index (χ0) is 19.9. The summed E-state index contributed by atoms with van der Waals surface area (Å²) in [5.74, 6) is 1.11. The van der Waals surface area contributed by atoms with Crippen LogP contribution in [0.25, 0.3) is 10.2 Å². The number of amides is 1. The molecule has 0 saturated carbocycles. The first kappa shape index (κ1) is 19.4. The van der Waals surface area contributed by atoms with Crippen LogP contribution in [0.5, 0.6) is 0 Å². The molecule has 0 atom stereocenters. The predicted molar refractivity (Wildman–Crippen MR) is 119 cm³/mol. The summed E-state index contributed by atoms with van der Waals surface area (Å²) in [6.45, 7) is 8.47. The third-order valence-electron chi connectivity index (χ3n) is 5.02. The lowest BCUT2D eigenvalue weighted by atomic mass is 9.87. The van der Waals surface area contributed by atoms with Crippen molar-refractivity contribution in [3.8, 4) is 0 Å². The maximum Gasteiger partial charge on any atom is 0.234 e. The number of nitrogens with one attached hydrogen (secondary N) is 1. The van der Waals surface area contributed by atoms with Gasteiger partial charge in [-0.1, -0.05) is 44.7 Å². The first-order valence-electron chi connectivity index (χ1n) is 9.63. The normalized spacial score (nSPS) is 13.7. The molecule has 0 bridgehead atoms. The first-order valence-corrected chi connectivity index (χ1v) is 11.4. The summed E-state index contributed by atoms with van der Waals surface area (Å²) in [5, 5.41) is 5.12. The molecule has 1 amide bonds. The van der Waals surface area contributed by atoms with E-state index in [-0.39, 0.29) is 11.3 Å². The van der Waals surface area contributed by atoms with Crippen molar-refractivity contribution in [3.05, 3.63) is 46.1 Å². The fourth-order valence-electron chi connectivity index (χ4n) is 3.55. The summed E-state index contributed by atoms with van der Waals surface area (Å²) < 4.78 is 0. The Kier molecular flexibility index (Phi) is 5.19. The number of nitrogens with zero attached hydrogens (tertiary/aromatic N) is 2. The molecule has 2 aromatic heterocycles. The molecule has 0 unspecified atom stereocenters. The van der Waals surface area contributed by atoms with Gasteiger partial charge < -0.3 is 5.32 Å². The number of hydrogen-bond acceptors (Lipinski definition) is 5. The number of carbonyl (C=O) groups is 1. The number of hydrogen-bond donors (Lipinski definition) is 1. The Balaban J connectivity index is 1.47. The molecule has 6 heteroatoms. The average Bonchev–Trinajstić information content (AvgIpc) is 3.20. The molecule has 0 spiro atoms. The molecule has 0 aliphatic heterocycles. The quantitative estimate of drug-likeness (QED) is 0.454. The van der Waals surface area contributed by atoms with E-state index in [0.717, 1.165) is 34.2 Å². The Hall–Kier alpha value is -1.92. The smallest absolute Gasteiger partial charge is 0.234 e. The minimum atomic E-state index is -0.00945. The van der Waals surface area contributed by atoms with Crippen LogP contribution in [0.2, 0.25) is 0 Å². The number of thiophene rings is 1. The highest BCUT2D eigenvalue weighted by Crippen LogP contribution is 2.40. The molecule has 1 aliphatic rings. The topological polar surface area (TPSA) is 54.9 Å². The van der Waals surface area contributed by atoms with Crippen LogP contribution in [0.15, 0.2) is 29.3 Å². The van der Waals surface area contributed by atoms with Gasteiger partial charge in [-0.2, -0.15) is 0 Å². The van der Waals surface area contributed by atoms with Gasteiger partial charge >= 0.3 is 0 Å². The van der Waals surface area contributed by atoms with Crippen molar-refractivity contribution >= 4 is 44.9 Å². The van der Waals surface area contributed by atoms with Crippen molar-refractivity contribution in [3.63, 3.8) is 0 Å². The van der Waals surface area contributed by atoms with E-state index >= 15 is 0 Å². The summed E-state index contributed by atoms with van der Waals surface area (Å²) in [6.07, 6.45) is 3.45. The van der Waals surface area contributed by atoms with E-state index in [4.69, 9.17) is 0 Å². The minimum absolute atomic E-state index is 0.00945. The Morgan fingerprint density at radius 1 is 1.18 bits per heavy atom. The van der Waals surface area contributed by atoms with Crippen LogP contribution in [0, 0.1) is 6.92 Å². The van der Waals surface area contributed by atoms with Crippen LogP contribution in [-0.4, -0.2) is 21.6 Å². The lowest BCUT2D eigenvalue weighted by Gasteiger charge is -2.19. The summed E-state index contributed by atoms with van der Waals surface area (Å²) in [6, 6.07) is 8.10. The second-order valence-electron chi connectivity index (χ2n) is 8.28. The number of thioether (sulfide) groups is 1. The van der Waals surface area contributed by atoms with Gasteiger partial charge in [0, 0.05) is 16.0 Å². The van der Waals surface area contributed by atoms with E-state index in [1.54, 1.807) is 11.3 Å². The number of anilines is 1. The molecular formula is C22H25N3OS2. The molecule has 1 aliphatic carbocycles. The number of carbonyl (C=O) groups excluding carboxylic acids is 1. The second kappa shape index (κ2) is 7.48. The first-order chi connectivity index (χ1) is 13.3. The highest BCUT2D eigenvalue weighted by atomic mass is 32.2. The van der Waals surface area contributed by atoms with Gasteiger partial charge in [0.1, 0.15) is 15.7 Å². The maximum atomic E-state index is 12.5. The van der Waals surface area contributed by atoms with Gasteiger partial charge in [0.2, 0.25) is 5.91 Å². The van der Waals surface area contributed by atoms with Gasteiger partial charge in [0.15, 0.2) is 0 Å². The van der Waals surface area contributed by atoms with Crippen LogP contribution in [0.3, 0.4) is 0 Å². The number of fused-ring (bicyclic) bond motifs is 3. The van der Waals surface area contributed by atoms with Crippen LogP contribution < -0.4 is 5.32 Å². The fourth-order valence-corrected chi connectivity index (χ4v) is 5.83. The third-order valence-corrected chi connectivity index (χ3v) is 7.18. The molecule has 1 aromatic carbocycles. The van der Waals surface area contributed by atoms with E-state index in [1.807, 2.05) is 19.1 Å². The van der Waals surface area contributed by atoms with Crippen LogP contribution in [-0.2, 0) is 23.1 Å². The Labute approximate surface area is 174 Å². The molecule has 0 saturated heterocycles. The lowest BCUT2D eigenvalue weighted by Crippen LogP contribution is -2.15. The van der Waals surface area contributed by atoms with E-state index in [9.17, 15) is 4.79 Å². The second-order valence-corrected chi connectivity index (χ2v) is 10.3. The summed E-state index contributed by atoms with van der Waals surface area (Å²) in [7, 11) is 0. The summed E-state index contributed by atoms with van der Waals surface area (Å²) in [4.78, 5) is 24.3. The van der Waals surface area contributed by atoms with Crippen molar-refractivity contribution in [2.24, 2.45) is 0 Å². The Morgan fingerprint density at radius 3 is 2.64 bits per heavy atom. The maximum absolute atomic E-state index is 12.5. The van der Waals surface area contributed by atoms with Crippen LogP contribution in [0.4, 0.5) is 5.69 Å². The number of benzene rings is 1. The molecule has 4 nitrogen and oxygen atoms in total. The minimum Gasteiger partial charge on any atom is -0.325 e. The standard InChI is InChI=1S/C22H25N3OS2/c1-13-23-20(19-16-6-5-7-17(16)28-21(19)24-13)27-12-18(26)25-15-10-8-14(9-11-15)22(2,3)4/h8-11H,5-7,12H2,1-4H3,(H,25,26). The number of aromatic nitrogens is 2. The van der Waals surface area contributed by atoms with Crippen molar-refractivity contribution in [2.45, 2.75) is 57.4 Å². The lowest BCUT2D eigenvalue weighted by molar-refractivity contribution is -0.113. The molecular weight excluding hydrogens is 386 g/mol. The molecule has 4 rings (SSSR count). The van der Waals surface area contributed by atoms with E-state index < -0.39 is 0 Å². The van der Waals surface area contributed by atoms with Crippen molar-refractivity contribution < 1.29 is 4.79 Å². The predicted octanol–water partition coefficient (Wildman–Crippen LogP) is 5.52. The molecule has 2 heterocycles. The molecule has 3 aromatic rings. The highest BCUT2D eigenvalue weighted by molar-refractivity contribution is 8.00. The summed E-state index contributed by atoms with van der Waals surface area (Å²) in [5.41, 5.74) is 3.60. The summed E-state index contributed by atoms with van der Waals surface area (Å²) >= 11 is 3.30. The highest BCUT2D eigenvalue weighted by Gasteiger charge is 2.22. The van der Waals surface area contributed by atoms with Gasteiger partial charge in [-0.05, 0) is 54.9 Å². The van der Waals surface area contributed by atoms with E-state index in [2.05, 4.69) is 48.2 Å². The Bertz CT molecular complexity index is 1030. The SMILES string of the molecule is Cc1nc(SCC(=O)Nc2ccc(C(C)(C)C)cc2)c2c3c(sc2n1)CCC3. The van der Waals surface area contributed by atoms with E-state index in [1.165, 1.54) is 39.6 Å². The zero-order valence-electron chi connectivity index (χ0n) is 16.8. The number of rotatable bonds is 4. The van der Waals surface area contributed by atoms with Gasteiger partial charge in [-0.15, -0.1) is 11.3 Å². The van der Waals surface area contributed by atoms with Crippen molar-refractivity contribution in [1.29, 1.82) is 0 Å². The van der Waals surface area contributed by atoms with Crippen LogP contribution >= 0.6 is 23.1 Å². The van der Waals surface area contributed by atoms with Crippen molar-refractivity contribution in [2.75, 3.05) is 11.1 Å². The van der Waals surface area contributed by atoms with Crippen molar-refractivity contribution in [1.82, 2.24) is 9.97 Å². The van der Waals surface area contributed by atoms with Gasteiger partial charge in [-0.3, -0.25) is 4.79 Å². The molecule has 0 radical (unpaired) electrons. The zero-order valence-corrected chi connectivity index (χ0v) is 18.4. The largest absolute Gasteiger partial charge is 0.325 e. The number of aryl methyl sites for hydroxylation is 3. The van der Waals surface area contributed by atoms with E-state index in [0.29, 0.717) is 5.75 Å². The Morgan fingerprint density at radius 2 is 1.93 bits per heavy atom.